The fourth-order valence-electron chi connectivity index (χ4n) is 1.91. The number of halogens is 2. The summed E-state index contributed by atoms with van der Waals surface area (Å²) in [6.45, 7) is 0.524. The minimum absolute atomic E-state index is 0. The van der Waals surface area contributed by atoms with Crippen molar-refractivity contribution in [3.05, 3.63) is 0 Å². The van der Waals surface area contributed by atoms with E-state index in [1.54, 1.807) is 7.05 Å². The fourth-order valence-corrected chi connectivity index (χ4v) is 1.91. The average Bonchev–Trinajstić information content (AvgIpc) is 2.40. The minimum Gasteiger partial charge on any atom is -0.317 e. The Kier molecular flexibility index (Phi) is 6.77. The summed E-state index contributed by atoms with van der Waals surface area (Å²) in [6.07, 6.45) is 5.30. The van der Waals surface area contributed by atoms with Crippen molar-refractivity contribution in [1.82, 2.24) is 5.32 Å². The van der Waals surface area contributed by atoms with Gasteiger partial charge in [0.15, 0.2) is 0 Å². The first-order valence-corrected chi connectivity index (χ1v) is 4.61. The molecule has 0 heterocycles. The van der Waals surface area contributed by atoms with Crippen LogP contribution < -0.4 is 5.32 Å². The second-order valence-corrected chi connectivity index (χ2v) is 3.54. The molecule has 1 aliphatic carbocycles. The van der Waals surface area contributed by atoms with Crippen molar-refractivity contribution >= 4 is 12.4 Å². The summed E-state index contributed by atoms with van der Waals surface area (Å²) in [5.74, 6) is 0.679. The topological polar surface area (TPSA) is 12.0 Å². The van der Waals surface area contributed by atoms with Gasteiger partial charge in [-0.2, -0.15) is 0 Å². The Morgan fingerprint density at radius 3 is 2.50 bits per heavy atom. The minimum atomic E-state index is -0.622. The molecule has 1 N–H and O–H groups in total. The van der Waals surface area contributed by atoms with Gasteiger partial charge in [0.2, 0.25) is 0 Å². The molecule has 0 aromatic heterocycles. The third-order valence-electron chi connectivity index (χ3n) is 2.49. The summed E-state index contributed by atoms with van der Waals surface area (Å²) in [4.78, 5) is 0. The van der Waals surface area contributed by atoms with E-state index in [2.05, 4.69) is 5.32 Å². The molecule has 0 bridgehead atoms. The first-order chi connectivity index (χ1) is 5.33. The zero-order chi connectivity index (χ0) is 8.10. The van der Waals surface area contributed by atoms with Crippen molar-refractivity contribution in [3.63, 3.8) is 0 Å². The maximum absolute atomic E-state index is 13.0. The van der Waals surface area contributed by atoms with E-state index in [1.807, 2.05) is 0 Å². The maximum Gasteiger partial charge on any atom is 0.113 e. The molecule has 1 saturated carbocycles. The van der Waals surface area contributed by atoms with Gasteiger partial charge in [0.25, 0.3) is 0 Å². The van der Waals surface area contributed by atoms with Crippen molar-refractivity contribution in [2.75, 3.05) is 13.6 Å². The van der Waals surface area contributed by atoms with Gasteiger partial charge >= 0.3 is 0 Å². The quantitative estimate of drug-likeness (QED) is 0.727. The van der Waals surface area contributed by atoms with E-state index in [-0.39, 0.29) is 12.4 Å². The second-order valence-electron chi connectivity index (χ2n) is 3.54. The van der Waals surface area contributed by atoms with Gasteiger partial charge in [0.05, 0.1) is 0 Å². The van der Waals surface area contributed by atoms with Gasteiger partial charge in [-0.3, -0.25) is 0 Å². The molecular weight excluding hydrogens is 177 g/mol. The predicted octanol–water partition coefficient (Wildman–Crippen LogP) is 2.55. The Hall–Kier alpha value is 0.180. The average molecular weight is 196 g/mol. The lowest BCUT2D eigenvalue weighted by molar-refractivity contribution is 0.264. The Labute approximate surface area is 80.5 Å². The van der Waals surface area contributed by atoms with Gasteiger partial charge in [-0.05, 0) is 19.4 Å². The molecule has 0 aromatic carbocycles. The lowest BCUT2D eigenvalue weighted by atomic mass is 10.0. The highest BCUT2D eigenvalue weighted by Crippen LogP contribution is 2.28. The third kappa shape index (κ3) is 4.27. The first kappa shape index (κ1) is 12.2. The highest BCUT2D eigenvalue weighted by atomic mass is 35.5. The molecule has 1 aliphatic rings. The van der Waals surface area contributed by atoms with Crippen molar-refractivity contribution in [3.8, 4) is 0 Å². The van der Waals surface area contributed by atoms with Crippen LogP contribution in [0, 0.1) is 5.92 Å². The van der Waals surface area contributed by atoms with Gasteiger partial charge in [-0.25, -0.2) is 4.39 Å². The van der Waals surface area contributed by atoms with E-state index in [4.69, 9.17) is 0 Å². The highest BCUT2D eigenvalue weighted by molar-refractivity contribution is 5.85. The maximum atomic E-state index is 13.0. The van der Waals surface area contributed by atoms with Crippen LogP contribution in [-0.4, -0.2) is 19.8 Å². The van der Waals surface area contributed by atoms with Gasteiger partial charge in [-0.15, -0.1) is 12.4 Å². The summed E-state index contributed by atoms with van der Waals surface area (Å²) in [7, 11) is 1.81. The van der Waals surface area contributed by atoms with Gasteiger partial charge < -0.3 is 5.32 Å². The van der Waals surface area contributed by atoms with E-state index in [0.29, 0.717) is 12.5 Å². The van der Waals surface area contributed by atoms with E-state index in [1.165, 1.54) is 25.7 Å². The van der Waals surface area contributed by atoms with Crippen LogP contribution in [0.1, 0.15) is 32.1 Å². The summed E-state index contributed by atoms with van der Waals surface area (Å²) in [5.41, 5.74) is 0. The zero-order valence-electron chi connectivity index (χ0n) is 7.68. The van der Waals surface area contributed by atoms with Crippen molar-refractivity contribution in [2.45, 2.75) is 38.3 Å². The number of nitrogens with one attached hydrogen (secondary N) is 1. The van der Waals surface area contributed by atoms with Crippen molar-refractivity contribution in [1.29, 1.82) is 0 Å². The molecular formula is C9H19ClFN. The molecule has 1 unspecified atom stereocenters. The molecule has 3 heteroatoms. The smallest absolute Gasteiger partial charge is 0.113 e. The molecule has 0 aliphatic heterocycles. The van der Waals surface area contributed by atoms with Crippen LogP contribution in [0.4, 0.5) is 4.39 Å². The second kappa shape index (κ2) is 6.67. The summed E-state index contributed by atoms with van der Waals surface area (Å²) in [6, 6.07) is 0. The van der Waals surface area contributed by atoms with Crippen LogP contribution in [0.25, 0.3) is 0 Å². The number of rotatable bonds is 4. The van der Waals surface area contributed by atoms with Gasteiger partial charge in [0, 0.05) is 6.54 Å². The summed E-state index contributed by atoms with van der Waals surface area (Å²) < 4.78 is 13.0. The Bertz CT molecular complexity index is 105. The van der Waals surface area contributed by atoms with Crippen LogP contribution in [0.3, 0.4) is 0 Å². The van der Waals surface area contributed by atoms with Crippen molar-refractivity contribution < 1.29 is 4.39 Å². The molecule has 0 radical (unpaired) electrons. The summed E-state index contributed by atoms with van der Waals surface area (Å²) >= 11 is 0. The van der Waals surface area contributed by atoms with E-state index in [9.17, 15) is 4.39 Å². The van der Waals surface area contributed by atoms with Crippen LogP contribution in [0.15, 0.2) is 0 Å². The van der Waals surface area contributed by atoms with Crippen LogP contribution in [-0.2, 0) is 0 Å². The SMILES string of the molecule is CNCC(F)CC1CCCC1.Cl. The molecule has 1 nitrogen and oxygen atoms in total. The molecule has 1 fully saturated rings. The van der Waals surface area contributed by atoms with Crippen LogP contribution in [0.5, 0.6) is 0 Å². The highest BCUT2D eigenvalue weighted by Gasteiger charge is 2.18. The molecule has 1 atom stereocenters. The van der Waals surface area contributed by atoms with Crippen molar-refractivity contribution in [2.24, 2.45) is 5.92 Å². The van der Waals surface area contributed by atoms with E-state index >= 15 is 0 Å². The van der Waals surface area contributed by atoms with Crippen LogP contribution >= 0.6 is 12.4 Å². The lowest BCUT2D eigenvalue weighted by Gasteiger charge is -2.12. The number of hydrogen-bond acceptors (Lipinski definition) is 1. The van der Waals surface area contributed by atoms with Gasteiger partial charge in [-0.1, -0.05) is 25.7 Å². The molecule has 0 saturated heterocycles. The predicted molar refractivity (Wildman–Crippen MR) is 52.6 cm³/mol. The van der Waals surface area contributed by atoms with E-state index in [0.717, 1.165) is 6.42 Å². The molecule has 0 amide bonds. The molecule has 0 aromatic rings. The van der Waals surface area contributed by atoms with E-state index < -0.39 is 6.17 Å². The molecule has 12 heavy (non-hydrogen) atoms. The fraction of sp³-hybridized carbons (Fsp3) is 1.00. The Balaban J connectivity index is 0.00000121. The molecule has 1 rings (SSSR count). The number of alkyl halides is 1. The largest absolute Gasteiger partial charge is 0.317 e. The normalized spacial score (nSPS) is 20.5. The monoisotopic (exact) mass is 195 g/mol. The standard InChI is InChI=1S/C9H18FN.ClH/c1-11-7-9(10)6-8-4-2-3-5-8;/h8-9,11H,2-7H2,1H3;1H. The lowest BCUT2D eigenvalue weighted by Crippen LogP contribution is -2.21. The zero-order valence-corrected chi connectivity index (χ0v) is 8.50. The molecule has 74 valence electrons. The molecule has 0 spiro atoms. The first-order valence-electron chi connectivity index (χ1n) is 4.61. The van der Waals surface area contributed by atoms with Crippen LogP contribution in [0.2, 0.25) is 0 Å². The third-order valence-corrected chi connectivity index (χ3v) is 2.49. The Morgan fingerprint density at radius 2 is 2.00 bits per heavy atom. The van der Waals surface area contributed by atoms with Gasteiger partial charge in [0.1, 0.15) is 6.17 Å². The summed E-state index contributed by atoms with van der Waals surface area (Å²) in [5, 5.41) is 2.87. The number of hydrogen-bond donors (Lipinski definition) is 1. The Morgan fingerprint density at radius 1 is 1.42 bits per heavy atom.